The summed E-state index contributed by atoms with van der Waals surface area (Å²) < 4.78 is 26.6. The van der Waals surface area contributed by atoms with E-state index in [4.69, 9.17) is 0 Å². The molecule has 0 aliphatic carbocycles. The van der Waals surface area contributed by atoms with Crippen LogP contribution in [0.2, 0.25) is 0 Å². The summed E-state index contributed by atoms with van der Waals surface area (Å²) in [7, 11) is -5.42. The summed E-state index contributed by atoms with van der Waals surface area (Å²) >= 11 is 0. The Balaban J connectivity index is 1.97. The maximum absolute atomic E-state index is 12.7. The summed E-state index contributed by atoms with van der Waals surface area (Å²) in [5.74, 6) is -1.33. The Bertz CT molecular complexity index is 889. The molecule has 0 aliphatic heterocycles. The van der Waals surface area contributed by atoms with Gasteiger partial charge in [-0.1, -0.05) is 55.0 Å². The monoisotopic (exact) mass is 418 g/mol. The highest BCUT2D eigenvalue weighted by Gasteiger charge is 2.27. The van der Waals surface area contributed by atoms with Gasteiger partial charge in [-0.25, -0.2) is 8.42 Å². The van der Waals surface area contributed by atoms with E-state index in [9.17, 15) is 23.3 Å². The Morgan fingerprint density at radius 2 is 1.72 bits per heavy atom. The van der Waals surface area contributed by atoms with Gasteiger partial charge in [0, 0.05) is 19.5 Å². The zero-order valence-electron chi connectivity index (χ0n) is 16.7. The Morgan fingerprint density at radius 3 is 2.28 bits per heavy atom. The molecule has 9 heteroatoms. The number of sulfonamides is 1. The second kappa shape index (κ2) is 10.5. The van der Waals surface area contributed by atoms with E-state index < -0.39 is 29.0 Å². The molecule has 0 saturated heterocycles. The smallest absolute Gasteiger partial charge is 0.426 e. The third kappa shape index (κ3) is 6.68. The first kappa shape index (κ1) is 23.1. The van der Waals surface area contributed by atoms with Crippen molar-refractivity contribution in [2.75, 3.05) is 13.1 Å². The molecule has 2 rings (SSSR count). The third-order valence-electron chi connectivity index (χ3n) is 4.60. The van der Waals surface area contributed by atoms with Crippen LogP contribution < -0.4 is 5.32 Å². The van der Waals surface area contributed by atoms with Crippen LogP contribution in [0.4, 0.5) is 0 Å². The van der Waals surface area contributed by atoms with E-state index in [-0.39, 0.29) is 30.8 Å². The topological polar surface area (TPSA) is 107 Å². The van der Waals surface area contributed by atoms with Crippen molar-refractivity contribution in [2.24, 2.45) is 0 Å². The minimum atomic E-state index is -3.69. The van der Waals surface area contributed by atoms with Crippen molar-refractivity contribution in [3.8, 4) is 0 Å². The van der Waals surface area contributed by atoms with Gasteiger partial charge in [0.15, 0.2) is 0 Å². The van der Waals surface area contributed by atoms with Crippen LogP contribution in [0.25, 0.3) is 0 Å². The van der Waals surface area contributed by atoms with Crippen molar-refractivity contribution in [2.45, 2.75) is 37.5 Å². The number of amides is 1. The molecule has 2 aromatic rings. The average molecular weight is 418 g/mol. The number of hydrogen-bond acceptors (Lipinski definition) is 5. The standard InChI is InChI=1S/C20H27BN2O5S/c1-3-23(29(27,28)18-7-5-4-6-8-18)14-13-20(24)22-19(21(25)26)15-17-11-9-16(2)10-12-17/h4-12,19,25-26H,3,13-15H2,1-2H3,(H,22,24). The lowest BCUT2D eigenvalue weighted by molar-refractivity contribution is -0.121. The molecule has 0 saturated carbocycles. The normalized spacial score (nSPS) is 12.6. The maximum Gasteiger partial charge on any atom is 0.475 e. The first-order chi connectivity index (χ1) is 13.7. The van der Waals surface area contributed by atoms with Crippen LogP contribution in [0.3, 0.4) is 0 Å². The number of nitrogens with one attached hydrogen (secondary N) is 1. The molecule has 29 heavy (non-hydrogen) atoms. The lowest BCUT2D eigenvalue weighted by atomic mass is 9.76. The lowest BCUT2D eigenvalue weighted by Crippen LogP contribution is -2.48. The minimum Gasteiger partial charge on any atom is -0.426 e. The molecule has 0 fully saturated rings. The molecule has 156 valence electrons. The largest absolute Gasteiger partial charge is 0.475 e. The second-order valence-corrected chi connectivity index (χ2v) is 8.78. The molecule has 0 heterocycles. The van der Waals surface area contributed by atoms with Gasteiger partial charge in [-0.2, -0.15) is 4.31 Å². The minimum absolute atomic E-state index is 0.00165. The highest BCUT2D eigenvalue weighted by Crippen LogP contribution is 2.15. The van der Waals surface area contributed by atoms with Gasteiger partial charge in [0.1, 0.15) is 0 Å². The lowest BCUT2D eigenvalue weighted by Gasteiger charge is -2.22. The second-order valence-electron chi connectivity index (χ2n) is 6.84. The summed E-state index contributed by atoms with van der Waals surface area (Å²) in [6, 6.07) is 15.6. The van der Waals surface area contributed by atoms with E-state index in [1.54, 1.807) is 25.1 Å². The van der Waals surface area contributed by atoms with Crippen LogP contribution in [0, 0.1) is 6.92 Å². The fraction of sp³-hybridized carbons (Fsp3) is 0.350. The fourth-order valence-electron chi connectivity index (χ4n) is 2.90. The molecule has 0 spiro atoms. The highest BCUT2D eigenvalue weighted by atomic mass is 32.2. The van der Waals surface area contributed by atoms with Gasteiger partial charge < -0.3 is 15.4 Å². The number of benzene rings is 2. The van der Waals surface area contributed by atoms with Crippen molar-refractivity contribution in [3.63, 3.8) is 0 Å². The van der Waals surface area contributed by atoms with Gasteiger partial charge >= 0.3 is 7.12 Å². The molecule has 2 aromatic carbocycles. The van der Waals surface area contributed by atoms with E-state index in [2.05, 4.69) is 5.32 Å². The predicted molar refractivity (Wildman–Crippen MR) is 112 cm³/mol. The molecule has 1 unspecified atom stereocenters. The number of nitrogens with zero attached hydrogens (tertiary/aromatic N) is 1. The van der Waals surface area contributed by atoms with Crippen LogP contribution in [0.1, 0.15) is 24.5 Å². The summed E-state index contributed by atoms with van der Waals surface area (Å²) in [6.07, 6.45) is 0.167. The van der Waals surface area contributed by atoms with Crippen molar-refractivity contribution >= 4 is 23.0 Å². The van der Waals surface area contributed by atoms with Crippen LogP contribution in [-0.2, 0) is 21.2 Å². The molecular weight excluding hydrogens is 391 g/mol. The van der Waals surface area contributed by atoms with E-state index in [0.717, 1.165) is 11.1 Å². The van der Waals surface area contributed by atoms with Gasteiger partial charge in [0.05, 0.1) is 10.8 Å². The third-order valence-corrected chi connectivity index (χ3v) is 6.59. The van der Waals surface area contributed by atoms with Crippen molar-refractivity contribution < 1.29 is 23.3 Å². The van der Waals surface area contributed by atoms with Crippen molar-refractivity contribution in [3.05, 3.63) is 65.7 Å². The zero-order valence-corrected chi connectivity index (χ0v) is 17.5. The number of aryl methyl sites for hydroxylation is 1. The SMILES string of the molecule is CCN(CCC(=O)NC(Cc1ccc(C)cc1)B(O)O)S(=O)(=O)c1ccccc1. The van der Waals surface area contributed by atoms with Crippen molar-refractivity contribution in [1.82, 2.24) is 9.62 Å². The van der Waals surface area contributed by atoms with Gasteiger partial charge in [0.25, 0.3) is 0 Å². The van der Waals surface area contributed by atoms with E-state index >= 15 is 0 Å². The molecule has 0 aromatic heterocycles. The van der Waals surface area contributed by atoms with E-state index in [1.165, 1.54) is 16.4 Å². The average Bonchev–Trinajstić information content (AvgIpc) is 2.70. The Labute approximate surface area is 172 Å². The predicted octanol–water partition coefficient (Wildman–Crippen LogP) is 1.14. The molecule has 1 amide bonds. The van der Waals surface area contributed by atoms with Crippen molar-refractivity contribution in [1.29, 1.82) is 0 Å². The van der Waals surface area contributed by atoms with Crippen LogP contribution >= 0.6 is 0 Å². The Kier molecular flexibility index (Phi) is 8.39. The number of carbonyl (C=O) groups excluding carboxylic acids is 1. The molecule has 0 bridgehead atoms. The highest BCUT2D eigenvalue weighted by molar-refractivity contribution is 7.89. The first-order valence-corrected chi connectivity index (χ1v) is 10.9. The fourth-order valence-corrected chi connectivity index (χ4v) is 4.37. The van der Waals surface area contributed by atoms with Gasteiger partial charge in [-0.05, 0) is 31.0 Å². The molecule has 1 atom stereocenters. The zero-order chi connectivity index (χ0) is 21.4. The van der Waals surface area contributed by atoms with Gasteiger partial charge in [-0.15, -0.1) is 0 Å². The number of rotatable bonds is 10. The molecule has 7 nitrogen and oxygen atoms in total. The quantitative estimate of drug-likeness (QED) is 0.502. The van der Waals surface area contributed by atoms with E-state index in [1.807, 2.05) is 31.2 Å². The van der Waals surface area contributed by atoms with Gasteiger partial charge in [-0.3, -0.25) is 4.79 Å². The molecule has 0 aliphatic rings. The molecule has 3 N–H and O–H groups in total. The van der Waals surface area contributed by atoms with E-state index in [0.29, 0.717) is 0 Å². The van der Waals surface area contributed by atoms with Crippen LogP contribution in [0.5, 0.6) is 0 Å². The summed E-state index contributed by atoms with van der Waals surface area (Å²) in [4.78, 5) is 12.5. The van der Waals surface area contributed by atoms with Crippen LogP contribution in [-0.4, -0.2) is 54.8 Å². The molecule has 0 radical (unpaired) electrons. The number of carbonyl (C=O) groups is 1. The van der Waals surface area contributed by atoms with Crippen LogP contribution in [0.15, 0.2) is 59.5 Å². The maximum atomic E-state index is 12.7. The Hall–Kier alpha value is -2.20. The summed E-state index contributed by atoms with van der Waals surface area (Å²) in [5, 5.41) is 21.8. The summed E-state index contributed by atoms with van der Waals surface area (Å²) in [6.45, 7) is 3.88. The summed E-state index contributed by atoms with van der Waals surface area (Å²) in [5.41, 5.74) is 1.94. The van der Waals surface area contributed by atoms with Gasteiger partial charge in [0.2, 0.25) is 15.9 Å². The number of hydrogen-bond donors (Lipinski definition) is 3. The first-order valence-electron chi connectivity index (χ1n) is 9.50. The molecular formula is C20H27BN2O5S. The Morgan fingerprint density at radius 1 is 1.10 bits per heavy atom.